The maximum absolute atomic E-state index is 8.72. The Bertz CT molecular complexity index is 538. The van der Waals surface area contributed by atoms with Crippen molar-refractivity contribution in [1.82, 2.24) is 15.5 Å². The maximum atomic E-state index is 8.72. The van der Waals surface area contributed by atoms with Gasteiger partial charge in [0.25, 0.3) is 0 Å². The quantitative estimate of drug-likeness (QED) is 0.900. The van der Waals surface area contributed by atoms with Gasteiger partial charge in [0.15, 0.2) is 0 Å². The van der Waals surface area contributed by atoms with E-state index < -0.39 is 0 Å². The molecule has 1 unspecified atom stereocenters. The molecule has 0 radical (unpaired) electrons. The van der Waals surface area contributed by atoms with E-state index in [0.29, 0.717) is 5.56 Å². The minimum absolute atomic E-state index is 0.208. The molecule has 0 bridgehead atoms. The minimum Gasteiger partial charge on any atom is -0.311 e. The van der Waals surface area contributed by atoms with Gasteiger partial charge in [-0.2, -0.15) is 5.26 Å². The van der Waals surface area contributed by atoms with Crippen LogP contribution in [0.2, 0.25) is 0 Å². The molecule has 0 fully saturated rings. The van der Waals surface area contributed by atoms with E-state index in [1.54, 1.807) is 23.5 Å². The summed E-state index contributed by atoms with van der Waals surface area (Å²) in [5, 5.41) is 22.0. The van der Waals surface area contributed by atoms with Gasteiger partial charge in [0.05, 0.1) is 17.7 Å². The SMILES string of the molecule is CNC(C)c1nnc(-c2ccc(C#N)cc2)s1. The van der Waals surface area contributed by atoms with Crippen molar-refractivity contribution >= 4 is 11.3 Å². The predicted octanol–water partition coefficient (Wildman–Crippen LogP) is 2.36. The molecular formula is C12H12N4S. The van der Waals surface area contributed by atoms with Gasteiger partial charge >= 0.3 is 0 Å². The molecule has 0 aliphatic carbocycles. The molecule has 0 spiro atoms. The molecule has 0 aliphatic rings. The Morgan fingerprint density at radius 2 is 2.00 bits per heavy atom. The summed E-state index contributed by atoms with van der Waals surface area (Å²) in [6.07, 6.45) is 0. The molecule has 1 aromatic carbocycles. The highest BCUT2D eigenvalue weighted by atomic mass is 32.1. The Labute approximate surface area is 104 Å². The van der Waals surface area contributed by atoms with Crippen LogP contribution < -0.4 is 5.32 Å². The van der Waals surface area contributed by atoms with E-state index in [9.17, 15) is 0 Å². The van der Waals surface area contributed by atoms with Crippen LogP contribution in [0.3, 0.4) is 0 Å². The summed E-state index contributed by atoms with van der Waals surface area (Å²) in [7, 11) is 1.90. The third-order valence-corrected chi connectivity index (χ3v) is 3.66. The van der Waals surface area contributed by atoms with Crippen molar-refractivity contribution < 1.29 is 0 Å². The van der Waals surface area contributed by atoms with E-state index in [1.807, 2.05) is 26.1 Å². The average Bonchev–Trinajstić information content (AvgIpc) is 2.87. The summed E-state index contributed by atoms with van der Waals surface area (Å²) in [6.45, 7) is 2.04. The second kappa shape index (κ2) is 5.04. The molecule has 0 aliphatic heterocycles. The molecule has 17 heavy (non-hydrogen) atoms. The van der Waals surface area contributed by atoms with Gasteiger partial charge in [-0.25, -0.2) is 0 Å². The molecule has 1 N–H and O–H groups in total. The monoisotopic (exact) mass is 244 g/mol. The summed E-state index contributed by atoms with van der Waals surface area (Å²) in [4.78, 5) is 0. The summed E-state index contributed by atoms with van der Waals surface area (Å²) in [5.74, 6) is 0. The summed E-state index contributed by atoms with van der Waals surface area (Å²) >= 11 is 1.56. The van der Waals surface area contributed by atoms with Crippen LogP contribution in [0.1, 0.15) is 23.5 Å². The number of rotatable bonds is 3. The van der Waals surface area contributed by atoms with Crippen molar-refractivity contribution in [3.63, 3.8) is 0 Å². The molecule has 1 atom stereocenters. The van der Waals surface area contributed by atoms with Gasteiger partial charge in [-0.05, 0) is 26.1 Å². The standard InChI is InChI=1S/C12H12N4S/c1-8(14-2)11-15-16-12(17-11)10-5-3-9(7-13)4-6-10/h3-6,8,14H,1-2H3. The van der Waals surface area contributed by atoms with E-state index in [4.69, 9.17) is 5.26 Å². The lowest BCUT2D eigenvalue weighted by Gasteiger charge is -2.02. The molecule has 4 nitrogen and oxygen atoms in total. The van der Waals surface area contributed by atoms with Crippen LogP contribution in [0.5, 0.6) is 0 Å². The van der Waals surface area contributed by atoms with E-state index in [-0.39, 0.29) is 6.04 Å². The van der Waals surface area contributed by atoms with Crippen LogP contribution in [0.4, 0.5) is 0 Å². The second-order valence-corrected chi connectivity index (χ2v) is 4.65. The highest BCUT2D eigenvalue weighted by molar-refractivity contribution is 7.14. The molecule has 0 amide bonds. The molecular weight excluding hydrogens is 232 g/mol. The number of nitrogens with one attached hydrogen (secondary N) is 1. The molecule has 2 aromatic rings. The Kier molecular flexibility index (Phi) is 3.47. The van der Waals surface area contributed by atoms with E-state index in [0.717, 1.165) is 15.6 Å². The third kappa shape index (κ3) is 2.49. The molecule has 2 rings (SSSR count). The minimum atomic E-state index is 0.208. The van der Waals surface area contributed by atoms with Crippen LogP contribution in [0.15, 0.2) is 24.3 Å². The van der Waals surface area contributed by atoms with Crippen LogP contribution in [-0.4, -0.2) is 17.2 Å². The molecule has 86 valence electrons. The zero-order chi connectivity index (χ0) is 12.3. The smallest absolute Gasteiger partial charge is 0.147 e. The largest absolute Gasteiger partial charge is 0.311 e. The van der Waals surface area contributed by atoms with Crippen molar-refractivity contribution in [2.75, 3.05) is 7.05 Å². The van der Waals surface area contributed by atoms with Crippen LogP contribution >= 0.6 is 11.3 Å². The van der Waals surface area contributed by atoms with Gasteiger partial charge in [-0.3, -0.25) is 0 Å². The third-order valence-electron chi connectivity index (χ3n) is 2.51. The first-order chi connectivity index (χ1) is 8.24. The Morgan fingerprint density at radius 1 is 1.29 bits per heavy atom. The summed E-state index contributed by atoms with van der Waals surface area (Å²) in [5.41, 5.74) is 1.65. The van der Waals surface area contributed by atoms with Gasteiger partial charge in [-0.1, -0.05) is 23.5 Å². The number of nitriles is 1. The fourth-order valence-electron chi connectivity index (χ4n) is 1.34. The van der Waals surface area contributed by atoms with Crippen LogP contribution in [-0.2, 0) is 0 Å². The van der Waals surface area contributed by atoms with Crippen molar-refractivity contribution in [3.05, 3.63) is 34.8 Å². The number of hydrogen-bond acceptors (Lipinski definition) is 5. The van der Waals surface area contributed by atoms with E-state index >= 15 is 0 Å². The number of benzene rings is 1. The summed E-state index contributed by atoms with van der Waals surface area (Å²) in [6, 6.07) is 9.67. The maximum Gasteiger partial charge on any atom is 0.147 e. The zero-order valence-corrected chi connectivity index (χ0v) is 10.5. The van der Waals surface area contributed by atoms with Gasteiger partial charge in [0.1, 0.15) is 10.0 Å². The fourth-order valence-corrected chi connectivity index (χ4v) is 2.25. The first-order valence-electron chi connectivity index (χ1n) is 5.26. The van der Waals surface area contributed by atoms with Crippen molar-refractivity contribution in [1.29, 1.82) is 5.26 Å². The lowest BCUT2D eigenvalue weighted by molar-refractivity contribution is 0.640. The summed E-state index contributed by atoms with van der Waals surface area (Å²) < 4.78 is 0. The normalized spacial score (nSPS) is 12.1. The van der Waals surface area contributed by atoms with Crippen molar-refractivity contribution in [2.24, 2.45) is 0 Å². The fraction of sp³-hybridized carbons (Fsp3) is 0.250. The molecule has 0 saturated carbocycles. The zero-order valence-electron chi connectivity index (χ0n) is 9.64. The molecule has 1 aromatic heterocycles. The van der Waals surface area contributed by atoms with E-state index in [1.165, 1.54) is 0 Å². The van der Waals surface area contributed by atoms with Gasteiger partial charge in [-0.15, -0.1) is 10.2 Å². The number of nitrogens with zero attached hydrogens (tertiary/aromatic N) is 3. The van der Waals surface area contributed by atoms with Gasteiger partial charge < -0.3 is 5.32 Å². The first-order valence-corrected chi connectivity index (χ1v) is 6.07. The Balaban J connectivity index is 2.28. The number of hydrogen-bond donors (Lipinski definition) is 1. The number of aromatic nitrogens is 2. The van der Waals surface area contributed by atoms with E-state index in [2.05, 4.69) is 21.6 Å². The topological polar surface area (TPSA) is 61.6 Å². The van der Waals surface area contributed by atoms with Crippen LogP contribution in [0.25, 0.3) is 10.6 Å². The first kappa shape index (κ1) is 11.7. The highest BCUT2D eigenvalue weighted by Crippen LogP contribution is 2.26. The van der Waals surface area contributed by atoms with Gasteiger partial charge in [0, 0.05) is 5.56 Å². The Hall–Kier alpha value is -1.77. The highest BCUT2D eigenvalue weighted by Gasteiger charge is 2.11. The van der Waals surface area contributed by atoms with Crippen molar-refractivity contribution in [2.45, 2.75) is 13.0 Å². The average molecular weight is 244 g/mol. The lowest BCUT2D eigenvalue weighted by atomic mass is 10.2. The lowest BCUT2D eigenvalue weighted by Crippen LogP contribution is -2.11. The second-order valence-electron chi connectivity index (χ2n) is 3.64. The van der Waals surface area contributed by atoms with Crippen molar-refractivity contribution in [3.8, 4) is 16.6 Å². The predicted molar refractivity (Wildman–Crippen MR) is 67.5 cm³/mol. The van der Waals surface area contributed by atoms with Gasteiger partial charge in [0.2, 0.25) is 0 Å². The Morgan fingerprint density at radius 3 is 2.59 bits per heavy atom. The molecule has 0 saturated heterocycles. The molecule has 5 heteroatoms. The molecule has 1 heterocycles. The van der Waals surface area contributed by atoms with Crippen LogP contribution in [0, 0.1) is 11.3 Å².